The molecule has 74 valence electrons. The van der Waals surface area contributed by atoms with Crippen molar-refractivity contribution in [2.45, 2.75) is 27.2 Å². The van der Waals surface area contributed by atoms with Crippen LogP contribution in [0, 0.1) is 23.7 Å². The van der Waals surface area contributed by atoms with Gasteiger partial charge in [-0.15, -0.1) is 11.3 Å². The maximum Gasteiger partial charge on any atom is 0.150 e. The molecule has 14 heavy (non-hydrogen) atoms. The molecule has 0 fully saturated rings. The maximum absolute atomic E-state index is 11.3. The Morgan fingerprint density at radius 1 is 1.71 bits per heavy atom. The summed E-state index contributed by atoms with van der Waals surface area (Å²) in [6.45, 7) is 5.19. The van der Waals surface area contributed by atoms with Gasteiger partial charge in [0.05, 0.1) is 6.07 Å². The molecule has 0 radical (unpaired) electrons. The number of aryl methyl sites for hydroxylation is 1. The van der Waals surface area contributed by atoms with E-state index in [1.807, 2.05) is 18.4 Å². The molecule has 0 aliphatic rings. The smallest absolute Gasteiger partial charge is 0.150 e. The van der Waals surface area contributed by atoms with Crippen molar-refractivity contribution in [3.8, 4) is 6.07 Å². The van der Waals surface area contributed by atoms with E-state index >= 15 is 0 Å². The van der Waals surface area contributed by atoms with Crippen LogP contribution in [0.15, 0.2) is 11.4 Å². The minimum Gasteiger partial charge on any atom is -0.298 e. The fourth-order valence-electron chi connectivity index (χ4n) is 1.24. The lowest BCUT2D eigenvalue weighted by Gasteiger charge is -2.16. The van der Waals surface area contributed by atoms with Gasteiger partial charge in [-0.25, -0.2) is 0 Å². The largest absolute Gasteiger partial charge is 0.298 e. The fourth-order valence-corrected chi connectivity index (χ4v) is 1.95. The van der Waals surface area contributed by atoms with Crippen LogP contribution in [0.2, 0.25) is 0 Å². The van der Waals surface area contributed by atoms with Gasteiger partial charge < -0.3 is 0 Å². The average molecular weight is 207 g/mol. The van der Waals surface area contributed by atoms with Crippen LogP contribution in [0.25, 0.3) is 0 Å². The summed E-state index contributed by atoms with van der Waals surface area (Å²) in [7, 11) is 0. The Balaban J connectivity index is 2.87. The van der Waals surface area contributed by atoms with Crippen molar-refractivity contribution in [2.75, 3.05) is 0 Å². The summed E-state index contributed by atoms with van der Waals surface area (Å²) in [4.78, 5) is 12.5. The predicted molar refractivity (Wildman–Crippen MR) is 57.2 cm³/mol. The molecule has 1 unspecified atom stereocenters. The molecule has 0 aromatic carbocycles. The van der Waals surface area contributed by atoms with E-state index in [1.165, 1.54) is 11.8 Å². The minimum atomic E-state index is -0.868. The molecule has 0 spiro atoms. The van der Waals surface area contributed by atoms with Crippen molar-refractivity contribution in [3.63, 3.8) is 0 Å². The van der Waals surface area contributed by atoms with E-state index in [2.05, 4.69) is 6.07 Å². The van der Waals surface area contributed by atoms with E-state index in [0.29, 0.717) is 6.42 Å². The average Bonchev–Trinajstić information content (AvgIpc) is 2.50. The number of carbonyl (C=O) groups is 1. The molecule has 0 saturated heterocycles. The molecule has 0 aliphatic carbocycles. The lowest BCUT2D eigenvalue weighted by Crippen LogP contribution is -2.25. The third kappa shape index (κ3) is 2.21. The van der Waals surface area contributed by atoms with Gasteiger partial charge in [0, 0.05) is 4.88 Å². The topological polar surface area (TPSA) is 40.9 Å². The molecule has 0 aliphatic heterocycles. The molecular weight excluding hydrogens is 194 g/mol. The number of hydrogen-bond donors (Lipinski definition) is 0. The summed E-state index contributed by atoms with van der Waals surface area (Å²) in [6, 6.07) is 4.12. The molecule has 0 bridgehead atoms. The lowest BCUT2D eigenvalue weighted by molar-refractivity contribution is -0.123. The maximum atomic E-state index is 11.3. The first-order valence-electron chi connectivity index (χ1n) is 4.44. The molecular formula is C11H13NOS. The number of thiophene rings is 1. The van der Waals surface area contributed by atoms with Gasteiger partial charge in [0.1, 0.15) is 11.2 Å². The van der Waals surface area contributed by atoms with Gasteiger partial charge in [0.2, 0.25) is 0 Å². The number of carbonyl (C=O) groups excluding carboxylic acids is 1. The highest BCUT2D eigenvalue weighted by molar-refractivity contribution is 7.10. The van der Waals surface area contributed by atoms with Crippen LogP contribution in [0.1, 0.15) is 24.3 Å². The summed E-state index contributed by atoms with van der Waals surface area (Å²) in [5.41, 5.74) is 0.208. The van der Waals surface area contributed by atoms with Crippen molar-refractivity contribution in [1.29, 1.82) is 5.26 Å². The highest BCUT2D eigenvalue weighted by atomic mass is 32.1. The molecule has 1 rings (SSSR count). The van der Waals surface area contributed by atoms with E-state index in [-0.39, 0.29) is 5.78 Å². The summed E-state index contributed by atoms with van der Waals surface area (Å²) in [6.07, 6.45) is 0.517. The molecule has 0 amide bonds. The van der Waals surface area contributed by atoms with E-state index in [0.717, 1.165) is 5.56 Å². The fraction of sp³-hybridized carbons (Fsp3) is 0.455. The first-order valence-corrected chi connectivity index (χ1v) is 5.32. The van der Waals surface area contributed by atoms with Crippen molar-refractivity contribution in [2.24, 2.45) is 5.41 Å². The van der Waals surface area contributed by atoms with E-state index in [4.69, 9.17) is 5.26 Å². The Bertz CT molecular complexity index is 388. The molecule has 1 heterocycles. The van der Waals surface area contributed by atoms with Crippen LogP contribution in [0.5, 0.6) is 0 Å². The van der Waals surface area contributed by atoms with E-state index in [9.17, 15) is 4.79 Å². The summed E-state index contributed by atoms with van der Waals surface area (Å²) in [5, 5.41) is 11.0. The van der Waals surface area contributed by atoms with Crippen LogP contribution in [-0.2, 0) is 11.2 Å². The predicted octanol–water partition coefficient (Wildman–Crippen LogP) is 2.72. The number of rotatable bonds is 3. The standard InChI is InChI=1S/C11H13NOS/c1-8-4-10(6-14-8)5-11(3,7-12)9(2)13/h4,6H,5H2,1-3H3. The van der Waals surface area contributed by atoms with Gasteiger partial charge >= 0.3 is 0 Å². The quantitative estimate of drug-likeness (QED) is 0.764. The lowest BCUT2D eigenvalue weighted by atomic mass is 9.82. The second-order valence-electron chi connectivity index (χ2n) is 3.74. The first-order chi connectivity index (χ1) is 6.48. The van der Waals surface area contributed by atoms with Crippen molar-refractivity contribution < 1.29 is 4.79 Å². The van der Waals surface area contributed by atoms with E-state index < -0.39 is 5.41 Å². The highest BCUT2D eigenvalue weighted by Crippen LogP contribution is 2.25. The minimum absolute atomic E-state index is 0.0659. The first kappa shape index (κ1) is 10.9. The number of nitriles is 1. The van der Waals surface area contributed by atoms with Gasteiger partial charge in [-0.3, -0.25) is 4.79 Å². The zero-order valence-electron chi connectivity index (χ0n) is 8.63. The number of ketones is 1. The number of Topliss-reactive ketones (excluding diaryl/α,β-unsaturated/α-hetero) is 1. The summed E-state index contributed by atoms with van der Waals surface area (Å²) >= 11 is 1.65. The van der Waals surface area contributed by atoms with Crippen LogP contribution in [0.4, 0.5) is 0 Å². The molecule has 0 saturated carbocycles. The Morgan fingerprint density at radius 2 is 2.36 bits per heavy atom. The molecule has 2 nitrogen and oxygen atoms in total. The zero-order chi connectivity index (χ0) is 10.8. The van der Waals surface area contributed by atoms with Gasteiger partial charge in [-0.2, -0.15) is 5.26 Å². The molecule has 1 atom stereocenters. The molecule has 0 N–H and O–H groups in total. The second kappa shape index (κ2) is 3.93. The second-order valence-corrected chi connectivity index (χ2v) is 4.86. The normalized spacial score (nSPS) is 14.4. The van der Waals surface area contributed by atoms with Crippen LogP contribution >= 0.6 is 11.3 Å². The van der Waals surface area contributed by atoms with Crippen molar-refractivity contribution >= 4 is 17.1 Å². The highest BCUT2D eigenvalue weighted by Gasteiger charge is 2.30. The van der Waals surface area contributed by atoms with Crippen molar-refractivity contribution in [3.05, 3.63) is 21.9 Å². The summed E-state index contributed by atoms with van der Waals surface area (Å²) in [5.74, 6) is -0.0659. The van der Waals surface area contributed by atoms with Crippen molar-refractivity contribution in [1.82, 2.24) is 0 Å². The number of hydrogen-bond acceptors (Lipinski definition) is 3. The third-order valence-electron chi connectivity index (χ3n) is 2.37. The van der Waals surface area contributed by atoms with Gasteiger partial charge in [-0.05, 0) is 44.2 Å². The Labute approximate surface area is 88.2 Å². The molecule has 3 heteroatoms. The Morgan fingerprint density at radius 3 is 2.71 bits per heavy atom. The summed E-state index contributed by atoms with van der Waals surface area (Å²) < 4.78 is 0. The monoisotopic (exact) mass is 207 g/mol. The van der Waals surface area contributed by atoms with Gasteiger partial charge in [0.15, 0.2) is 0 Å². The Kier molecular flexibility index (Phi) is 3.07. The SMILES string of the molecule is CC(=O)C(C)(C#N)Cc1csc(C)c1. The third-order valence-corrected chi connectivity index (χ3v) is 3.28. The Hall–Kier alpha value is -1.14. The van der Waals surface area contributed by atoms with Crippen LogP contribution in [0.3, 0.4) is 0 Å². The molecule has 1 aromatic heterocycles. The van der Waals surface area contributed by atoms with Crippen LogP contribution in [-0.4, -0.2) is 5.78 Å². The van der Waals surface area contributed by atoms with Gasteiger partial charge in [-0.1, -0.05) is 0 Å². The van der Waals surface area contributed by atoms with Crippen LogP contribution < -0.4 is 0 Å². The number of nitrogens with zero attached hydrogens (tertiary/aromatic N) is 1. The van der Waals surface area contributed by atoms with E-state index in [1.54, 1.807) is 18.3 Å². The zero-order valence-corrected chi connectivity index (χ0v) is 9.44. The molecule has 1 aromatic rings. The van der Waals surface area contributed by atoms with Gasteiger partial charge in [0.25, 0.3) is 0 Å².